The van der Waals surface area contributed by atoms with Crippen LogP contribution < -0.4 is 5.06 Å². The third-order valence-electron chi connectivity index (χ3n) is 1.46. The molecule has 1 aromatic rings. The number of hydrogen-bond acceptors (Lipinski definition) is 4. The second-order valence-electron chi connectivity index (χ2n) is 2.46. The predicted octanol–water partition coefficient (Wildman–Crippen LogP) is 1.91. The Bertz CT molecular complexity index is 381. The average Bonchev–Trinajstić information content (AvgIpc) is 2.07. The number of carbonyl (C=O) groups is 1. The Morgan fingerprint density at radius 3 is 2.57 bits per heavy atom. The minimum atomic E-state index is -1.30. The number of rotatable bonds is 2. The molecule has 0 saturated carbocycles. The third kappa shape index (κ3) is 2.06. The first-order chi connectivity index (χ1) is 6.43. The fourth-order valence-electron chi connectivity index (χ4n) is 0.863. The van der Waals surface area contributed by atoms with Gasteiger partial charge < -0.3 is 5.11 Å². The van der Waals surface area contributed by atoms with E-state index in [1.807, 2.05) is 0 Å². The van der Waals surface area contributed by atoms with Crippen molar-refractivity contribution in [2.75, 3.05) is 12.1 Å². The SMILES string of the molecule is CN(O)c1cc(Cl)nc(C(=O)O)c1Cl. The molecule has 2 N–H and O–H groups in total. The largest absolute Gasteiger partial charge is 0.476 e. The summed E-state index contributed by atoms with van der Waals surface area (Å²) in [6, 6.07) is 1.26. The quantitative estimate of drug-likeness (QED) is 0.607. The highest BCUT2D eigenvalue weighted by Crippen LogP contribution is 2.29. The monoisotopic (exact) mass is 236 g/mol. The van der Waals surface area contributed by atoms with E-state index in [0.717, 1.165) is 0 Å². The van der Waals surface area contributed by atoms with Crippen molar-refractivity contribution in [3.05, 3.63) is 21.9 Å². The molecule has 0 fully saturated rings. The van der Waals surface area contributed by atoms with Gasteiger partial charge in [-0.3, -0.25) is 10.3 Å². The molecule has 0 unspecified atom stereocenters. The highest BCUT2D eigenvalue weighted by atomic mass is 35.5. The summed E-state index contributed by atoms with van der Waals surface area (Å²) >= 11 is 11.2. The predicted molar refractivity (Wildman–Crippen MR) is 51.4 cm³/mol. The molecule has 0 bridgehead atoms. The van der Waals surface area contributed by atoms with Crippen LogP contribution >= 0.6 is 23.2 Å². The lowest BCUT2D eigenvalue weighted by atomic mass is 10.3. The van der Waals surface area contributed by atoms with Crippen LogP contribution in [0.3, 0.4) is 0 Å². The number of aromatic nitrogens is 1. The first-order valence-corrected chi connectivity index (χ1v) is 4.21. The zero-order valence-electron chi connectivity index (χ0n) is 7.03. The first-order valence-electron chi connectivity index (χ1n) is 3.45. The Hall–Kier alpha value is -1.04. The van der Waals surface area contributed by atoms with E-state index in [9.17, 15) is 4.79 Å². The highest BCUT2D eigenvalue weighted by Gasteiger charge is 2.17. The zero-order valence-corrected chi connectivity index (χ0v) is 8.54. The molecule has 0 atom stereocenters. The molecule has 5 nitrogen and oxygen atoms in total. The van der Waals surface area contributed by atoms with Gasteiger partial charge in [0, 0.05) is 13.1 Å². The van der Waals surface area contributed by atoms with Crippen molar-refractivity contribution in [1.29, 1.82) is 0 Å². The van der Waals surface area contributed by atoms with Gasteiger partial charge in [0.2, 0.25) is 0 Å². The van der Waals surface area contributed by atoms with Crippen molar-refractivity contribution in [1.82, 2.24) is 4.98 Å². The first kappa shape index (κ1) is 11.0. The van der Waals surface area contributed by atoms with E-state index in [4.69, 9.17) is 33.5 Å². The van der Waals surface area contributed by atoms with E-state index in [2.05, 4.69) is 4.98 Å². The van der Waals surface area contributed by atoms with Crippen molar-refractivity contribution in [2.24, 2.45) is 0 Å². The number of halogens is 2. The van der Waals surface area contributed by atoms with Crippen LogP contribution in [-0.4, -0.2) is 28.3 Å². The molecule has 1 heterocycles. The van der Waals surface area contributed by atoms with Gasteiger partial charge in [0.25, 0.3) is 0 Å². The standard InChI is InChI=1S/C7H6Cl2N2O3/c1-11(14)3-2-4(8)10-6(5(3)9)7(12)13/h2,14H,1H3,(H,12,13). The minimum Gasteiger partial charge on any atom is -0.476 e. The minimum absolute atomic E-state index is 0.0531. The molecule has 1 rings (SSSR count). The number of pyridine rings is 1. The number of aromatic carboxylic acids is 1. The van der Waals surface area contributed by atoms with Crippen LogP contribution in [0.15, 0.2) is 6.07 Å². The highest BCUT2D eigenvalue weighted by molar-refractivity contribution is 6.37. The van der Waals surface area contributed by atoms with Crippen LogP contribution in [0.25, 0.3) is 0 Å². The molecule has 0 amide bonds. The summed E-state index contributed by atoms with van der Waals surface area (Å²) in [5, 5.41) is 18.3. The average molecular weight is 237 g/mol. The Kier molecular flexibility index (Phi) is 3.15. The van der Waals surface area contributed by atoms with Gasteiger partial charge in [-0.2, -0.15) is 0 Å². The van der Waals surface area contributed by atoms with Crippen molar-refractivity contribution in [3.63, 3.8) is 0 Å². The molecule has 0 spiro atoms. The maximum Gasteiger partial charge on any atom is 0.356 e. The molecule has 0 aliphatic heterocycles. The normalized spacial score (nSPS) is 10.0. The summed E-state index contributed by atoms with van der Waals surface area (Å²) in [6.07, 6.45) is 0. The molecular formula is C7H6Cl2N2O3. The van der Waals surface area contributed by atoms with Gasteiger partial charge >= 0.3 is 5.97 Å². The number of nitrogens with zero attached hydrogens (tertiary/aromatic N) is 2. The van der Waals surface area contributed by atoms with Crippen molar-refractivity contribution in [3.8, 4) is 0 Å². The number of anilines is 1. The van der Waals surface area contributed by atoms with E-state index in [0.29, 0.717) is 5.06 Å². The second-order valence-corrected chi connectivity index (χ2v) is 3.22. The summed E-state index contributed by atoms with van der Waals surface area (Å²) < 4.78 is 0. The Balaban J connectivity index is 3.40. The summed E-state index contributed by atoms with van der Waals surface area (Å²) in [6.45, 7) is 0. The lowest BCUT2D eigenvalue weighted by Crippen LogP contribution is -2.13. The van der Waals surface area contributed by atoms with Gasteiger partial charge in [-0.1, -0.05) is 23.2 Å². The molecule has 14 heavy (non-hydrogen) atoms. The number of hydroxylamine groups is 1. The van der Waals surface area contributed by atoms with Crippen LogP contribution in [-0.2, 0) is 0 Å². The number of hydrogen-bond donors (Lipinski definition) is 2. The Labute approximate surface area is 89.5 Å². The fraction of sp³-hybridized carbons (Fsp3) is 0.143. The van der Waals surface area contributed by atoms with Crippen LogP contribution in [0, 0.1) is 0 Å². The fourth-order valence-corrected chi connectivity index (χ4v) is 1.35. The van der Waals surface area contributed by atoms with Crippen molar-refractivity contribution < 1.29 is 15.1 Å². The summed E-state index contributed by atoms with van der Waals surface area (Å²) in [5.74, 6) is -1.30. The summed E-state index contributed by atoms with van der Waals surface area (Å²) in [7, 11) is 1.29. The van der Waals surface area contributed by atoms with E-state index >= 15 is 0 Å². The van der Waals surface area contributed by atoms with Crippen LogP contribution in [0.4, 0.5) is 5.69 Å². The number of carboxylic acid groups (broad SMARTS) is 1. The van der Waals surface area contributed by atoms with Gasteiger partial charge in [0.15, 0.2) is 5.69 Å². The third-order valence-corrected chi connectivity index (χ3v) is 2.02. The topological polar surface area (TPSA) is 73.7 Å². The molecule has 0 aliphatic carbocycles. The summed E-state index contributed by atoms with van der Waals surface area (Å²) in [5.41, 5.74) is -0.306. The second kappa shape index (κ2) is 4.00. The van der Waals surface area contributed by atoms with Gasteiger partial charge in [-0.25, -0.2) is 9.78 Å². The van der Waals surface area contributed by atoms with Gasteiger partial charge in [0.1, 0.15) is 5.15 Å². The molecule has 0 radical (unpaired) electrons. The van der Waals surface area contributed by atoms with Crippen LogP contribution in [0.1, 0.15) is 10.5 Å². The molecule has 76 valence electrons. The van der Waals surface area contributed by atoms with Gasteiger partial charge in [-0.05, 0) is 0 Å². The van der Waals surface area contributed by atoms with E-state index < -0.39 is 11.7 Å². The van der Waals surface area contributed by atoms with Crippen molar-refractivity contribution in [2.45, 2.75) is 0 Å². The van der Waals surface area contributed by atoms with Crippen LogP contribution in [0.2, 0.25) is 10.2 Å². The van der Waals surface area contributed by atoms with E-state index in [1.54, 1.807) is 0 Å². The maximum atomic E-state index is 10.6. The zero-order chi connectivity index (χ0) is 10.9. The Morgan fingerprint density at radius 2 is 2.14 bits per heavy atom. The molecule has 1 aromatic heterocycles. The lowest BCUT2D eigenvalue weighted by Gasteiger charge is -2.13. The molecule has 0 aromatic carbocycles. The molecular weight excluding hydrogens is 231 g/mol. The van der Waals surface area contributed by atoms with Gasteiger partial charge in [0.05, 0.1) is 10.7 Å². The van der Waals surface area contributed by atoms with Gasteiger partial charge in [-0.15, -0.1) is 0 Å². The summed E-state index contributed by atoms with van der Waals surface area (Å²) in [4.78, 5) is 14.2. The van der Waals surface area contributed by atoms with E-state index in [-0.39, 0.29) is 15.9 Å². The molecule has 0 saturated heterocycles. The smallest absolute Gasteiger partial charge is 0.356 e. The molecule has 0 aliphatic rings. The molecule has 7 heteroatoms. The van der Waals surface area contributed by atoms with Crippen molar-refractivity contribution >= 4 is 34.9 Å². The van der Waals surface area contributed by atoms with Crippen LogP contribution in [0.5, 0.6) is 0 Å². The lowest BCUT2D eigenvalue weighted by molar-refractivity contribution is 0.0690. The Morgan fingerprint density at radius 1 is 1.57 bits per heavy atom. The maximum absolute atomic E-state index is 10.6. The van der Waals surface area contributed by atoms with E-state index in [1.165, 1.54) is 13.1 Å². The number of carboxylic acids is 1.